The average molecular weight is 461 g/mol. The van der Waals surface area contributed by atoms with Gasteiger partial charge < -0.3 is 10.1 Å². The van der Waals surface area contributed by atoms with Crippen LogP contribution < -0.4 is 5.32 Å². The van der Waals surface area contributed by atoms with Crippen LogP contribution in [0.1, 0.15) is 22.2 Å². The number of thioether (sulfide) groups is 1. The van der Waals surface area contributed by atoms with Crippen molar-refractivity contribution in [3.63, 3.8) is 0 Å². The maximum atomic E-state index is 13.2. The number of rotatable bonds is 9. The molecule has 10 heteroatoms. The van der Waals surface area contributed by atoms with E-state index in [9.17, 15) is 14.0 Å². The number of hydrogen-bond acceptors (Lipinski definition) is 7. The van der Waals surface area contributed by atoms with Crippen LogP contribution in [0.4, 0.5) is 9.39 Å². The fourth-order valence-electron chi connectivity index (χ4n) is 2.76. The Morgan fingerprint density at radius 1 is 1.32 bits per heavy atom. The summed E-state index contributed by atoms with van der Waals surface area (Å²) in [5.41, 5.74) is 1.05. The van der Waals surface area contributed by atoms with E-state index in [1.165, 1.54) is 35.2 Å². The van der Waals surface area contributed by atoms with Crippen molar-refractivity contribution in [1.82, 2.24) is 14.8 Å². The molecule has 0 saturated heterocycles. The number of carbonyl (C=O) groups is 2. The highest BCUT2D eigenvalue weighted by Crippen LogP contribution is 2.29. The lowest BCUT2D eigenvalue weighted by Gasteiger charge is -2.08. The number of esters is 1. The second-order valence-corrected chi connectivity index (χ2v) is 8.57. The van der Waals surface area contributed by atoms with E-state index in [2.05, 4.69) is 22.1 Å². The quantitative estimate of drug-likeness (QED) is 0.286. The first-order valence-corrected chi connectivity index (χ1v) is 11.2. The van der Waals surface area contributed by atoms with Crippen LogP contribution in [0.15, 0.2) is 48.1 Å². The minimum absolute atomic E-state index is 0.0674. The third-order valence-electron chi connectivity index (χ3n) is 4.07. The Bertz CT molecular complexity index is 1090. The minimum Gasteiger partial charge on any atom is -0.462 e. The van der Waals surface area contributed by atoms with Gasteiger partial charge in [0, 0.05) is 17.0 Å². The predicted molar refractivity (Wildman–Crippen MR) is 120 cm³/mol. The van der Waals surface area contributed by atoms with Crippen LogP contribution in [0.2, 0.25) is 0 Å². The normalized spacial score (nSPS) is 10.7. The third-order valence-corrected chi connectivity index (χ3v) is 6.00. The second-order valence-electron chi connectivity index (χ2n) is 6.37. The molecule has 0 fully saturated rings. The van der Waals surface area contributed by atoms with Crippen LogP contribution in [0.25, 0.3) is 11.4 Å². The van der Waals surface area contributed by atoms with Crippen LogP contribution in [-0.4, -0.2) is 39.0 Å². The summed E-state index contributed by atoms with van der Waals surface area (Å²) in [6, 6.07) is 7.65. The van der Waals surface area contributed by atoms with Gasteiger partial charge in [0.1, 0.15) is 10.8 Å². The first-order chi connectivity index (χ1) is 14.9. The summed E-state index contributed by atoms with van der Waals surface area (Å²) in [6.45, 7) is 8.02. The van der Waals surface area contributed by atoms with Gasteiger partial charge in [0.25, 0.3) is 0 Å². The highest BCUT2D eigenvalue weighted by molar-refractivity contribution is 7.99. The SMILES string of the molecule is C=CCn1c(SCC(=O)Nc2sc(C)cc2C(=O)OCC)nnc1-c1ccc(F)cc1. The van der Waals surface area contributed by atoms with Gasteiger partial charge in [0.2, 0.25) is 5.91 Å². The number of aromatic nitrogens is 3. The van der Waals surface area contributed by atoms with Crippen molar-refractivity contribution < 1.29 is 18.7 Å². The predicted octanol–water partition coefficient (Wildman–Crippen LogP) is 4.55. The number of nitrogens with one attached hydrogen (secondary N) is 1. The molecule has 0 unspecified atom stereocenters. The van der Waals surface area contributed by atoms with Gasteiger partial charge in [-0.2, -0.15) is 0 Å². The Labute approximate surface area is 187 Å². The molecule has 162 valence electrons. The molecule has 0 aliphatic carbocycles. The maximum absolute atomic E-state index is 13.2. The Kier molecular flexibility index (Phi) is 7.59. The molecule has 0 saturated carbocycles. The molecule has 3 aromatic rings. The molecule has 0 aliphatic rings. The summed E-state index contributed by atoms with van der Waals surface area (Å²) in [5.74, 6) is -0.465. The topological polar surface area (TPSA) is 86.1 Å². The standard InChI is InChI=1S/C21H21FN4O3S2/c1-4-10-26-18(14-6-8-15(22)9-7-14)24-25-21(26)30-12-17(27)23-19-16(11-13(3)31-19)20(28)29-5-2/h4,6-9,11H,1,5,10,12H2,2-3H3,(H,23,27). The number of thiophene rings is 1. The van der Waals surface area contributed by atoms with Crippen molar-refractivity contribution in [3.05, 3.63) is 59.2 Å². The monoisotopic (exact) mass is 460 g/mol. The third kappa shape index (κ3) is 5.59. The van der Waals surface area contributed by atoms with Crippen LogP contribution >= 0.6 is 23.1 Å². The molecule has 3 rings (SSSR count). The number of aryl methyl sites for hydroxylation is 1. The van der Waals surface area contributed by atoms with E-state index in [0.717, 1.165) is 4.88 Å². The molecule has 1 N–H and O–H groups in total. The second kappa shape index (κ2) is 10.4. The molecule has 31 heavy (non-hydrogen) atoms. The summed E-state index contributed by atoms with van der Waals surface area (Å²) in [4.78, 5) is 25.5. The lowest BCUT2D eigenvalue weighted by Crippen LogP contribution is -2.16. The van der Waals surface area contributed by atoms with E-state index in [0.29, 0.717) is 33.7 Å². The van der Waals surface area contributed by atoms with Gasteiger partial charge in [-0.3, -0.25) is 9.36 Å². The number of benzene rings is 1. The van der Waals surface area contributed by atoms with E-state index >= 15 is 0 Å². The molecule has 0 radical (unpaired) electrons. The van der Waals surface area contributed by atoms with Crippen LogP contribution in [0.5, 0.6) is 0 Å². The van der Waals surface area contributed by atoms with Crippen molar-refractivity contribution in [1.29, 1.82) is 0 Å². The van der Waals surface area contributed by atoms with Crippen molar-refractivity contribution in [2.45, 2.75) is 25.5 Å². The van der Waals surface area contributed by atoms with Gasteiger partial charge in [-0.05, 0) is 44.2 Å². The molecule has 0 spiro atoms. The van der Waals surface area contributed by atoms with E-state index < -0.39 is 5.97 Å². The Hall–Kier alpha value is -2.98. The Morgan fingerprint density at radius 3 is 2.74 bits per heavy atom. The number of hydrogen-bond donors (Lipinski definition) is 1. The molecule has 1 aromatic carbocycles. The smallest absolute Gasteiger partial charge is 0.341 e. The summed E-state index contributed by atoms with van der Waals surface area (Å²) in [7, 11) is 0. The van der Waals surface area contributed by atoms with Crippen molar-refractivity contribution in [3.8, 4) is 11.4 Å². The molecular weight excluding hydrogens is 439 g/mol. The van der Waals surface area contributed by atoms with Crippen LogP contribution in [0, 0.1) is 12.7 Å². The summed E-state index contributed by atoms with van der Waals surface area (Å²) >= 11 is 2.52. The largest absolute Gasteiger partial charge is 0.462 e. The zero-order valence-electron chi connectivity index (χ0n) is 17.1. The molecule has 0 atom stereocenters. The molecular formula is C21H21FN4O3S2. The van der Waals surface area contributed by atoms with Gasteiger partial charge >= 0.3 is 5.97 Å². The van der Waals surface area contributed by atoms with E-state index in [1.54, 1.807) is 35.8 Å². The van der Waals surface area contributed by atoms with E-state index in [4.69, 9.17) is 4.74 Å². The maximum Gasteiger partial charge on any atom is 0.341 e. The summed E-state index contributed by atoms with van der Waals surface area (Å²) in [6.07, 6.45) is 1.69. The van der Waals surface area contributed by atoms with E-state index in [-0.39, 0.29) is 24.1 Å². The molecule has 1 amide bonds. The van der Waals surface area contributed by atoms with Crippen molar-refractivity contribution in [2.24, 2.45) is 0 Å². The fraction of sp³-hybridized carbons (Fsp3) is 0.238. The van der Waals surface area contributed by atoms with Gasteiger partial charge in [-0.15, -0.1) is 28.1 Å². The molecule has 0 bridgehead atoms. The van der Waals surface area contributed by atoms with Crippen molar-refractivity contribution in [2.75, 3.05) is 17.7 Å². The molecule has 7 nitrogen and oxygen atoms in total. The Morgan fingerprint density at radius 2 is 2.06 bits per heavy atom. The zero-order valence-corrected chi connectivity index (χ0v) is 18.7. The van der Waals surface area contributed by atoms with Crippen molar-refractivity contribution >= 4 is 40.0 Å². The molecule has 0 aliphatic heterocycles. The highest BCUT2D eigenvalue weighted by Gasteiger charge is 2.19. The average Bonchev–Trinajstić information content (AvgIpc) is 3.30. The lowest BCUT2D eigenvalue weighted by molar-refractivity contribution is -0.113. The summed E-state index contributed by atoms with van der Waals surface area (Å²) < 4.78 is 20.1. The number of anilines is 1. The Balaban J connectivity index is 1.72. The van der Waals surface area contributed by atoms with Gasteiger partial charge in [0.05, 0.1) is 17.9 Å². The number of allylic oxidation sites excluding steroid dienone is 1. The zero-order chi connectivity index (χ0) is 22.4. The van der Waals surface area contributed by atoms with Gasteiger partial charge in [0.15, 0.2) is 11.0 Å². The molecule has 2 heterocycles. The fourth-order valence-corrected chi connectivity index (χ4v) is 4.43. The number of carbonyl (C=O) groups excluding carboxylic acids is 2. The number of nitrogens with zero attached hydrogens (tertiary/aromatic N) is 3. The van der Waals surface area contributed by atoms with Crippen LogP contribution in [0.3, 0.4) is 0 Å². The first-order valence-electron chi connectivity index (χ1n) is 9.43. The van der Waals surface area contributed by atoms with Gasteiger partial charge in [-0.25, -0.2) is 9.18 Å². The minimum atomic E-state index is -0.468. The number of amides is 1. The van der Waals surface area contributed by atoms with Gasteiger partial charge in [-0.1, -0.05) is 17.8 Å². The first kappa shape index (κ1) is 22.7. The van der Waals surface area contributed by atoms with E-state index in [1.807, 2.05) is 6.92 Å². The lowest BCUT2D eigenvalue weighted by atomic mass is 10.2. The highest BCUT2D eigenvalue weighted by atomic mass is 32.2. The number of halogens is 1. The van der Waals surface area contributed by atoms with Crippen LogP contribution in [-0.2, 0) is 16.1 Å². The number of ether oxygens (including phenoxy) is 1. The summed E-state index contributed by atoms with van der Waals surface area (Å²) in [5, 5.41) is 12.1. The molecule has 2 aromatic heterocycles.